The molecular formula is C11H24N2O3S. The number of nitrogens with one attached hydrogen (secondary N) is 1. The molecule has 1 N–H and O–H groups in total. The Morgan fingerprint density at radius 1 is 1.53 bits per heavy atom. The average Bonchev–Trinajstić information content (AvgIpc) is 2.30. The third-order valence-electron chi connectivity index (χ3n) is 3.24. The lowest BCUT2D eigenvalue weighted by atomic mass is 10.00. The van der Waals surface area contributed by atoms with E-state index in [1.54, 1.807) is 11.2 Å². The molecule has 0 radical (unpaired) electrons. The van der Waals surface area contributed by atoms with Gasteiger partial charge in [-0.05, 0) is 39.3 Å². The SMILES string of the molecule is CNCC1CCCN(S(=O)(=O)C(C)COC)C1. The molecule has 1 saturated heterocycles. The molecule has 0 amide bonds. The number of hydrogen-bond donors (Lipinski definition) is 1. The molecule has 1 heterocycles. The Balaban J connectivity index is 2.64. The Bertz CT molecular complexity index is 317. The molecule has 0 spiro atoms. The van der Waals surface area contributed by atoms with Crippen LogP contribution in [-0.4, -0.2) is 58.4 Å². The lowest BCUT2D eigenvalue weighted by molar-refractivity contribution is 0.195. The zero-order chi connectivity index (χ0) is 12.9. The first-order valence-corrected chi connectivity index (χ1v) is 7.65. The Morgan fingerprint density at radius 2 is 2.24 bits per heavy atom. The van der Waals surface area contributed by atoms with Gasteiger partial charge in [0.1, 0.15) is 0 Å². The predicted molar refractivity (Wildman–Crippen MR) is 68.5 cm³/mol. The first-order valence-electron chi connectivity index (χ1n) is 6.14. The molecule has 2 unspecified atom stereocenters. The van der Waals surface area contributed by atoms with Gasteiger partial charge in [-0.25, -0.2) is 12.7 Å². The molecule has 0 aromatic carbocycles. The zero-order valence-electron chi connectivity index (χ0n) is 11.0. The molecule has 1 fully saturated rings. The Labute approximate surface area is 105 Å². The zero-order valence-corrected chi connectivity index (χ0v) is 11.8. The van der Waals surface area contributed by atoms with E-state index >= 15 is 0 Å². The second kappa shape index (κ2) is 6.68. The maximum atomic E-state index is 12.3. The van der Waals surface area contributed by atoms with Crippen LogP contribution in [0.5, 0.6) is 0 Å². The van der Waals surface area contributed by atoms with Crippen molar-refractivity contribution in [1.29, 1.82) is 0 Å². The summed E-state index contributed by atoms with van der Waals surface area (Å²) in [5, 5.41) is 2.66. The van der Waals surface area contributed by atoms with Crippen LogP contribution in [0.4, 0.5) is 0 Å². The van der Waals surface area contributed by atoms with E-state index in [1.165, 1.54) is 7.11 Å². The molecule has 17 heavy (non-hydrogen) atoms. The lowest BCUT2D eigenvalue weighted by Crippen LogP contribution is -2.46. The van der Waals surface area contributed by atoms with Crippen LogP contribution in [0.1, 0.15) is 19.8 Å². The van der Waals surface area contributed by atoms with E-state index < -0.39 is 15.3 Å². The summed E-state index contributed by atoms with van der Waals surface area (Å²) >= 11 is 0. The van der Waals surface area contributed by atoms with Crippen molar-refractivity contribution in [2.75, 3.05) is 40.4 Å². The van der Waals surface area contributed by atoms with Crippen LogP contribution >= 0.6 is 0 Å². The quantitative estimate of drug-likeness (QED) is 0.749. The topological polar surface area (TPSA) is 58.6 Å². The third-order valence-corrected chi connectivity index (χ3v) is 5.45. The predicted octanol–water partition coefficient (Wildman–Crippen LogP) is 0.283. The normalized spacial score (nSPS) is 24.8. The Kier molecular flexibility index (Phi) is 5.85. The molecule has 5 nitrogen and oxygen atoms in total. The van der Waals surface area contributed by atoms with Gasteiger partial charge in [-0.15, -0.1) is 0 Å². The van der Waals surface area contributed by atoms with E-state index in [9.17, 15) is 8.42 Å². The van der Waals surface area contributed by atoms with Crippen molar-refractivity contribution in [2.45, 2.75) is 25.0 Å². The van der Waals surface area contributed by atoms with Crippen LogP contribution in [0.25, 0.3) is 0 Å². The summed E-state index contributed by atoms with van der Waals surface area (Å²) in [6, 6.07) is 0. The third kappa shape index (κ3) is 3.91. The van der Waals surface area contributed by atoms with Crippen LogP contribution in [0.2, 0.25) is 0 Å². The fraction of sp³-hybridized carbons (Fsp3) is 1.00. The van der Waals surface area contributed by atoms with Gasteiger partial charge in [0.2, 0.25) is 10.0 Å². The monoisotopic (exact) mass is 264 g/mol. The Morgan fingerprint density at radius 3 is 2.82 bits per heavy atom. The van der Waals surface area contributed by atoms with Gasteiger partial charge in [-0.3, -0.25) is 0 Å². The van der Waals surface area contributed by atoms with Gasteiger partial charge >= 0.3 is 0 Å². The minimum atomic E-state index is -3.19. The molecule has 0 saturated carbocycles. The van der Waals surface area contributed by atoms with Gasteiger partial charge in [0.05, 0.1) is 11.9 Å². The van der Waals surface area contributed by atoms with Crippen LogP contribution in [0.15, 0.2) is 0 Å². The summed E-state index contributed by atoms with van der Waals surface area (Å²) in [5.41, 5.74) is 0. The van der Waals surface area contributed by atoms with Gasteiger partial charge in [0.15, 0.2) is 0 Å². The van der Waals surface area contributed by atoms with Gasteiger partial charge in [-0.2, -0.15) is 0 Å². The Hall–Kier alpha value is -0.170. The summed E-state index contributed by atoms with van der Waals surface area (Å²) in [7, 11) is 0.243. The number of nitrogens with zero attached hydrogens (tertiary/aromatic N) is 1. The van der Waals surface area contributed by atoms with E-state index in [4.69, 9.17) is 4.74 Å². The number of piperidine rings is 1. The van der Waals surface area contributed by atoms with Crippen molar-refractivity contribution >= 4 is 10.0 Å². The number of ether oxygens (including phenoxy) is 1. The maximum Gasteiger partial charge on any atom is 0.218 e. The van der Waals surface area contributed by atoms with Crippen LogP contribution < -0.4 is 5.32 Å². The summed E-state index contributed by atoms with van der Waals surface area (Å²) in [6.07, 6.45) is 2.05. The molecule has 0 aliphatic carbocycles. The van der Waals surface area contributed by atoms with Crippen molar-refractivity contribution in [3.63, 3.8) is 0 Å². The number of rotatable bonds is 6. The van der Waals surface area contributed by atoms with Gasteiger partial charge < -0.3 is 10.1 Å². The maximum absolute atomic E-state index is 12.3. The summed E-state index contributed by atoms with van der Waals surface area (Å²) < 4.78 is 31.1. The minimum absolute atomic E-state index is 0.259. The molecule has 0 aromatic rings. The first kappa shape index (κ1) is 14.9. The van der Waals surface area contributed by atoms with E-state index in [1.807, 2.05) is 7.05 Å². The van der Waals surface area contributed by atoms with Gasteiger partial charge in [0, 0.05) is 20.2 Å². The van der Waals surface area contributed by atoms with Crippen molar-refractivity contribution in [1.82, 2.24) is 9.62 Å². The number of hydrogen-bond acceptors (Lipinski definition) is 4. The van der Waals surface area contributed by atoms with Gasteiger partial charge in [-0.1, -0.05) is 0 Å². The number of methoxy groups -OCH3 is 1. The lowest BCUT2D eigenvalue weighted by Gasteiger charge is -2.33. The first-order chi connectivity index (χ1) is 8.02. The molecule has 0 bridgehead atoms. The fourth-order valence-corrected chi connectivity index (χ4v) is 3.91. The molecule has 0 aromatic heterocycles. The van der Waals surface area contributed by atoms with Crippen molar-refractivity contribution < 1.29 is 13.2 Å². The molecule has 1 aliphatic rings. The van der Waals surface area contributed by atoms with Crippen molar-refractivity contribution in [2.24, 2.45) is 5.92 Å². The van der Waals surface area contributed by atoms with Crippen LogP contribution in [0.3, 0.4) is 0 Å². The van der Waals surface area contributed by atoms with Crippen molar-refractivity contribution in [3.05, 3.63) is 0 Å². The highest BCUT2D eigenvalue weighted by molar-refractivity contribution is 7.89. The highest BCUT2D eigenvalue weighted by atomic mass is 32.2. The summed E-state index contributed by atoms with van der Waals surface area (Å²) in [4.78, 5) is 0. The molecule has 1 rings (SSSR count). The second-order valence-corrected chi connectivity index (χ2v) is 7.09. The second-order valence-electron chi connectivity index (χ2n) is 4.73. The molecule has 102 valence electrons. The minimum Gasteiger partial charge on any atom is -0.383 e. The molecule has 2 atom stereocenters. The standard InChI is InChI=1S/C11H24N2O3S/c1-10(9-16-3)17(14,15)13-6-4-5-11(8-13)7-12-2/h10-12H,4-9H2,1-3H3. The fourth-order valence-electron chi connectivity index (χ4n) is 2.29. The van der Waals surface area contributed by atoms with Gasteiger partial charge in [0.25, 0.3) is 0 Å². The summed E-state index contributed by atoms with van der Waals surface area (Å²) in [5.74, 6) is 0.429. The molecular weight excluding hydrogens is 240 g/mol. The highest BCUT2D eigenvalue weighted by Crippen LogP contribution is 2.21. The van der Waals surface area contributed by atoms with E-state index in [2.05, 4.69) is 5.32 Å². The van der Waals surface area contributed by atoms with Crippen LogP contribution in [0, 0.1) is 5.92 Å². The average molecular weight is 264 g/mol. The van der Waals surface area contributed by atoms with E-state index in [-0.39, 0.29) is 6.61 Å². The van der Waals surface area contributed by atoms with Crippen LogP contribution in [-0.2, 0) is 14.8 Å². The highest BCUT2D eigenvalue weighted by Gasteiger charge is 2.32. The molecule has 6 heteroatoms. The number of sulfonamides is 1. The van der Waals surface area contributed by atoms with Crippen molar-refractivity contribution in [3.8, 4) is 0 Å². The van der Waals surface area contributed by atoms with E-state index in [0.29, 0.717) is 19.0 Å². The molecule has 1 aliphatic heterocycles. The van der Waals surface area contributed by atoms with E-state index in [0.717, 1.165) is 19.4 Å². The smallest absolute Gasteiger partial charge is 0.218 e. The largest absolute Gasteiger partial charge is 0.383 e. The summed E-state index contributed by atoms with van der Waals surface area (Å²) in [6.45, 7) is 4.13.